The van der Waals surface area contributed by atoms with Crippen LogP contribution in [0.1, 0.15) is 38.2 Å². The first-order valence-corrected chi connectivity index (χ1v) is 8.33. The van der Waals surface area contributed by atoms with Gasteiger partial charge in [-0.05, 0) is 44.7 Å². The van der Waals surface area contributed by atoms with E-state index in [2.05, 4.69) is 9.98 Å². The summed E-state index contributed by atoms with van der Waals surface area (Å²) in [4.78, 5) is 20.4. The molecule has 1 fully saturated rings. The second-order valence-electron chi connectivity index (χ2n) is 5.57. The summed E-state index contributed by atoms with van der Waals surface area (Å²) < 4.78 is 4.99. The van der Waals surface area contributed by atoms with E-state index in [4.69, 9.17) is 16.3 Å². The Morgan fingerprint density at radius 1 is 1.46 bits per heavy atom. The molecule has 0 radical (unpaired) electrons. The predicted molar refractivity (Wildman–Crippen MR) is 92.2 cm³/mol. The van der Waals surface area contributed by atoms with Crippen LogP contribution in [0.25, 0.3) is 5.76 Å². The Morgan fingerprint density at radius 3 is 2.79 bits per heavy atom. The zero-order valence-electron chi connectivity index (χ0n) is 13.5. The fourth-order valence-electron chi connectivity index (χ4n) is 2.51. The first-order chi connectivity index (χ1) is 11.5. The average molecular weight is 353 g/mol. The number of aliphatic hydroxyl groups is 2. The number of aliphatic hydroxyl groups excluding tert-OH is 2. The molecule has 0 unspecified atom stereocenters. The van der Waals surface area contributed by atoms with E-state index in [1.54, 1.807) is 19.1 Å². The van der Waals surface area contributed by atoms with E-state index >= 15 is 0 Å². The Kier molecular flexibility index (Phi) is 6.75. The average Bonchev–Trinajstić information content (AvgIpc) is 2.57. The SMILES string of the molecule is CCOC(=O)C(C=NC1CCC(O)CC1)=C(O)c1cccnc1Cl. The quantitative estimate of drug-likeness (QED) is 0.279. The molecule has 1 aliphatic rings. The van der Waals surface area contributed by atoms with Crippen molar-refractivity contribution < 1.29 is 19.7 Å². The lowest BCUT2D eigenvalue weighted by Gasteiger charge is -2.22. The van der Waals surface area contributed by atoms with Crippen LogP contribution in [0.3, 0.4) is 0 Å². The van der Waals surface area contributed by atoms with Gasteiger partial charge in [0.05, 0.1) is 24.3 Å². The molecule has 1 aliphatic carbocycles. The molecule has 2 rings (SSSR count). The third kappa shape index (κ3) is 4.79. The second-order valence-corrected chi connectivity index (χ2v) is 5.92. The van der Waals surface area contributed by atoms with Crippen molar-refractivity contribution in [3.63, 3.8) is 0 Å². The normalized spacial score (nSPS) is 22.3. The van der Waals surface area contributed by atoms with Gasteiger partial charge in [0.15, 0.2) is 0 Å². The molecular formula is C17H21ClN2O4. The van der Waals surface area contributed by atoms with Gasteiger partial charge in [-0.25, -0.2) is 9.78 Å². The number of pyridine rings is 1. The van der Waals surface area contributed by atoms with E-state index in [0.717, 1.165) is 12.8 Å². The van der Waals surface area contributed by atoms with Crippen LogP contribution in [0.5, 0.6) is 0 Å². The van der Waals surface area contributed by atoms with Gasteiger partial charge >= 0.3 is 5.97 Å². The van der Waals surface area contributed by atoms with E-state index < -0.39 is 5.97 Å². The molecule has 1 aromatic heterocycles. The molecular weight excluding hydrogens is 332 g/mol. The minimum atomic E-state index is -0.672. The van der Waals surface area contributed by atoms with Crippen LogP contribution in [-0.2, 0) is 9.53 Å². The molecule has 0 aromatic carbocycles. The van der Waals surface area contributed by atoms with E-state index in [1.807, 2.05) is 0 Å². The number of halogens is 1. The Morgan fingerprint density at radius 2 is 2.17 bits per heavy atom. The number of rotatable bonds is 5. The Labute approximate surface area is 145 Å². The van der Waals surface area contributed by atoms with Gasteiger partial charge < -0.3 is 14.9 Å². The molecule has 1 heterocycles. The standard InChI is InChI=1S/C17H21ClN2O4/c1-2-24-17(23)14(10-20-11-5-7-12(21)8-6-11)15(22)13-4-3-9-19-16(13)18/h3-4,9-12,21-22H,2,5-8H2,1H3. The highest BCUT2D eigenvalue weighted by molar-refractivity contribution is 6.31. The summed E-state index contributed by atoms with van der Waals surface area (Å²) in [5, 5.41) is 20.1. The number of esters is 1. The highest BCUT2D eigenvalue weighted by atomic mass is 35.5. The lowest BCUT2D eigenvalue weighted by Crippen LogP contribution is -2.21. The van der Waals surface area contributed by atoms with Gasteiger partial charge in [-0.2, -0.15) is 0 Å². The lowest BCUT2D eigenvalue weighted by atomic mass is 9.93. The number of carbonyl (C=O) groups excluding carboxylic acids is 1. The monoisotopic (exact) mass is 352 g/mol. The van der Waals surface area contributed by atoms with Gasteiger partial charge in [0.1, 0.15) is 16.5 Å². The van der Waals surface area contributed by atoms with Crippen LogP contribution >= 0.6 is 11.6 Å². The molecule has 0 aliphatic heterocycles. The zero-order valence-corrected chi connectivity index (χ0v) is 14.2. The van der Waals surface area contributed by atoms with Crippen molar-refractivity contribution in [3.05, 3.63) is 34.6 Å². The summed E-state index contributed by atoms with van der Waals surface area (Å²) >= 11 is 5.98. The molecule has 7 heteroatoms. The lowest BCUT2D eigenvalue weighted by molar-refractivity contribution is -0.137. The van der Waals surface area contributed by atoms with Gasteiger partial charge in [-0.15, -0.1) is 0 Å². The highest BCUT2D eigenvalue weighted by Crippen LogP contribution is 2.24. The van der Waals surface area contributed by atoms with Gasteiger partial charge in [0.2, 0.25) is 0 Å². The van der Waals surface area contributed by atoms with Crippen molar-refractivity contribution >= 4 is 29.5 Å². The fourth-order valence-corrected chi connectivity index (χ4v) is 2.72. The highest BCUT2D eigenvalue weighted by Gasteiger charge is 2.21. The summed E-state index contributed by atoms with van der Waals surface area (Å²) in [6, 6.07) is 3.18. The van der Waals surface area contributed by atoms with Crippen molar-refractivity contribution in [2.45, 2.75) is 44.8 Å². The van der Waals surface area contributed by atoms with Crippen LogP contribution in [0.2, 0.25) is 5.15 Å². The predicted octanol–water partition coefficient (Wildman–Crippen LogP) is 2.94. The topological polar surface area (TPSA) is 92.0 Å². The summed E-state index contributed by atoms with van der Waals surface area (Å²) in [5.41, 5.74) is 0.186. The maximum atomic E-state index is 12.2. The third-order valence-electron chi connectivity index (χ3n) is 3.85. The molecule has 6 nitrogen and oxygen atoms in total. The number of hydrogen-bond acceptors (Lipinski definition) is 6. The molecule has 0 amide bonds. The van der Waals surface area contributed by atoms with Gasteiger partial charge in [-0.3, -0.25) is 4.99 Å². The Bertz CT molecular complexity index is 637. The maximum Gasteiger partial charge on any atom is 0.343 e. The Hall–Kier alpha value is -1.92. The number of nitrogens with zero attached hydrogens (tertiary/aromatic N) is 2. The summed E-state index contributed by atoms with van der Waals surface area (Å²) in [6.45, 7) is 1.86. The van der Waals surface area contributed by atoms with E-state index in [-0.39, 0.29) is 40.8 Å². The number of hydrogen-bond donors (Lipinski definition) is 2. The van der Waals surface area contributed by atoms with Crippen LogP contribution in [0.15, 0.2) is 28.9 Å². The molecule has 0 spiro atoms. The minimum Gasteiger partial charge on any atom is -0.506 e. The molecule has 0 atom stereocenters. The summed E-state index contributed by atoms with van der Waals surface area (Å²) in [6.07, 6.45) is 5.38. The second kappa shape index (κ2) is 8.80. The van der Waals surface area contributed by atoms with E-state index in [1.165, 1.54) is 12.4 Å². The van der Waals surface area contributed by atoms with Crippen LogP contribution in [-0.4, -0.2) is 46.1 Å². The van der Waals surface area contributed by atoms with Crippen molar-refractivity contribution in [1.82, 2.24) is 4.98 Å². The number of carbonyl (C=O) groups is 1. The molecule has 1 saturated carbocycles. The molecule has 130 valence electrons. The molecule has 24 heavy (non-hydrogen) atoms. The van der Waals surface area contributed by atoms with Crippen molar-refractivity contribution in [2.24, 2.45) is 4.99 Å². The Balaban J connectivity index is 2.29. The first-order valence-electron chi connectivity index (χ1n) is 7.95. The fraction of sp³-hybridized carbons (Fsp3) is 0.471. The van der Waals surface area contributed by atoms with Crippen molar-refractivity contribution in [2.75, 3.05) is 6.61 Å². The van der Waals surface area contributed by atoms with Crippen molar-refractivity contribution in [1.29, 1.82) is 0 Å². The van der Waals surface area contributed by atoms with Crippen LogP contribution in [0.4, 0.5) is 0 Å². The number of ether oxygens (including phenoxy) is 1. The molecule has 2 N–H and O–H groups in total. The molecule has 0 saturated heterocycles. The maximum absolute atomic E-state index is 12.2. The van der Waals surface area contributed by atoms with Gasteiger partial charge in [0.25, 0.3) is 0 Å². The smallest absolute Gasteiger partial charge is 0.343 e. The summed E-state index contributed by atoms with van der Waals surface area (Å²) in [7, 11) is 0. The largest absolute Gasteiger partial charge is 0.506 e. The van der Waals surface area contributed by atoms with Crippen LogP contribution in [0, 0.1) is 0 Å². The number of aliphatic imine (C=N–C) groups is 1. The minimum absolute atomic E-state index is 0.00926. The molecule has 1 aromatic rings. The third-order valence-corrected chi connectivity index (χ3v) is 4.15. The van der Waals surface area contributed by atoms with E-state index in [0.29, 0.717) is 12.8 Å². The zero-order chi connectivity index (χ0) is 17.5. The van der Waals surface area contributed by atoms with Gasteiger partial charge in [0, 0.05) is 12.4 Å². The van der Waals surface area contributed by atoms with Gasteiger partial charge in [-0.1, -0.05) is 11.6 Å². The summed E-state index contributed by atoms with van der Waals surface area (Å²) in [5.74, 6) is -0.986. The van der Waals surface area contributed by atoms with E-state index in [9.17, 15) is 15.0 Å². The first kappa shape index (κ1) is 18.4. The number of aromatic nitrogens is 1. The van der Waals surface area contributed by atoms with Crippen molar-refractivity contribution in [3.8, 4) is 0 Å². The van der Waals surface area contributed by atoms with Crippen LogP contribution < -0.4 is 0 Å². The molecule has 0 bridgehead atoms.